The zero-order valence-corrected chi connectivity index (χ0v) is 18.7. The SMILES string of the molecule is CCNC(=O)Nc1ccc(-c2nc(N)cc(C(C)(C)S(=O)(=O)c3ccc(F)cc3)n2)cc1. The molecular formula is C22H24FN5O3S. The number of hydrogen-bond acceptors (Lipinski definition) is 6. The molecule has 32 heavy (non-hydrogen) atoms. The third-order valence-corrected chi connectivity index (χ3v) is 7.34. The Hall–Kier alpha value is -3.53. The van der Waals surface area contributed by atoms with Crippen molar-refractivity contribution in [2.45, 2.75) is 30.4 Å². The van der Waals surface area contributed by atoms with Crippen molar-refractivity contribution in [2.75, 3.05) is 17.6 Å². The van der Waals surface area contributed by atoms with Crippen LogP contribution in [0, 0.1) is 5.82 Å². The van der Waals surface area contributed by atoms with Crippen molar-refractivity contribution in [3.05, 3.63) is 66.1 Å². The van der Waals surface area contributed by atoms with Crippen LogP contribution in [0.3, 0.4) is 0 Å². The highest BCUT2D eigenvalue weighted by Crippen LogP contribution is 2.35. The summed E-state index contributed by atoms with van der Waals surface area (Å²) < 4.78 is 38.3. The molecule has 0 radical (unpaired) electrons. The van der Waals surface area contributed by atoms with Gasteiger partial charge in [-0.15, -0.1) is 0 Å². The summed E-state index contributed by atoms with van der Waals surface area (Å²) in [5.41, 5.74) is 7.33. The molecular weight excluding hydrogens is 433 g/mol. The number of carbonyl (C=O) groups excluding carboxylic acids is 1. The molecule has 0 atom stereocenters. The van der Waals surface area contributed by atoms with Crippen molar-refractivity contribution in [3.8, 4) is 11.4 Å². The molecule has 2 aromatic carbocycles. The molecule has 0 saturated heterocycles. The van der Waals surface area contributed by atoms with Gasteiger partial charge in [0.15, 0.2) is 15.7 Å². The maximum Gasteiger partial charge on any atom is 0.319 e. The number of halogens is 1. The fraction of sp³-hybridized carbons (Fsp3) is 0.227. The standard InChI is InChI=1S/C22H24FN5O3S/c1-4-25-21(29)26-16-9-5-14(6-10-16)20-27-18(13-19(24)28-20)22(2,3)32(30,31)17-11-7-15(23)8-12-17/h5-13H,4H2,1-3H3,(H2,24,27,28)(H2,25,26,29). The number of rotatable bonds is 6. The molecule has 0 saturated carbocycles. The molecule has 0 aliphatic carbocycles. The Bertz CT molecular complexity index is 1230. The molecule has 8 nitrogen and oxygen atoms in total. The lowest BCUT2D eigenvalue weighted by Gasteiger charge is -2.25. The van der Waals surface area contributed by atoms with E-state index in [1.807, 2.05) is 6.92 Å². The van der Waals surface area contributed by atoms with Gasteiger partial charge in [-0.25, -0.2) is 27.6 Å². The van der Waals surface area contributed by atoms with Crippen molar-refractivity contribution >= 4 is 27.4 Å². The van der Waals surface area contributed by atoms with E-state index < -0.39 is 20.4 Å². The quantitative estimate of drug-likeness (QED) is 0.484. The number of aromatic nitrogens is 2. The molecule has 0 unspecified atom stereocenters. The normalized spacial score (nSPS) is 11.8. The van der Waals surface area contributed by atoms with Crippen LogP contribution in [0.5, 0.6) is 0 Å². The van der Waals surface area contributed by atoms with Crippen molar-refractivity contribution in [3.63, 3.8) is 0 Å². The molecule has 1 aromatic heterocycles. The van der Waals surface area contributed by atoms with Crippen LogP contribution in [0.4, 0.5) is 20.7 Å². The van der Waals surface area contributed by atoms with Gasteiger partial charge < -0.3 is 16.4 Å². The van der Waals surface area contributed by atoms with E-state index in [4.69, 9.17) is 5.73 Å². The summed E-state index contributed by atoms with van der Waals surface area (Å²) in [5, 5.41) is 5.32. The molecule has 10 heteroatoms. The maximum atomic E-state index is 13.3. The van der Waals surface area contributed by atoms with E-state index in [0.29, 0.717) is 17.8 Å². The van der Waals surface area contributed by atoms with Crippen LogP contribution in [0.1, 0.15) is 26.5 Å². The molecule has 3 rings (SSSR count). The third-order valence-electron chi connectivity index (χ3n) is 4.90. The molecule has 0 fully saturated rings. The number of hydrogen-bond donors (Lipinski definition) is 3. The Morgan fingerprint density at radius 2 is 1.69 bits per heavy atom. The third kappa shape index (κ3) is 4.70. The second-order valence-corrected chi connectivity index (χ2v) is 10.0. The lowest BCUT2D eigenvalue weighted by molar-refractivity contribution is 0.252. The largest absolute Gasteiger partial charge is 0.384 e. The van der Waals surface area contributed by atoms with Gasteiger partial charge >= 0.3 is 6.03 Å². The molecule has 0 spiro atoms. The van der Waals surface area contributed by atoms with Gasteiger partial charge in [-0.1, -0.05) is 0 Å². The first-order valence-corrected chi connectivity index (χ1v) is 11.3. The number of nitrogens with zero attached hydrogens (tertiary/aromatic N) is 2. The number of sulfone groups is 1. The minimum atomic E-state index is -3.92. The van der Waals surface area contributed by atoms with E-state index in [0.717, 1.165) is 12.1 Å². The molecule has 2 amide bonds. The molecule has 0 bridgehead atoms. The second kappa shape index (κ2) is 8.91. The molecule has 0 aliphatic rings. The summed E-state index contributed by atoms with van der Waals surface area (Å²) in [6, 6.07) is 12.5. The molecule has 0 aliphatic heterocycles. The highest BCUT2D eigenvalue weighted by molar-refractivity contribution is 7.92. The van der Waals surface area contributed by atoms with Crippen LogP contribution in [-0.4, -0.2) is 31.0 Å². The van der Waals surface area contributed by atoms with Gasteiger partial charge in [-0.3, -0.25) is 0 Å². The van der Waals surface area contributed by atoms with E-state index in [9.17, 15) is 17.6 Å². The smallest absolute Gasteiger partial charge is 0.319 e. The average molecular weight is 458 g/mol. The van der Waals surface area contributed by atoms with E-state index in [1.54, 1.807) is 24.3 Å². The van der Waals surface area contributed by atoms with Crippen LogP contribution in [0.15, 0.2) is 59.5 Å². The van der Waals surface area contributed by atoms with Gasteiger partial charge in [0.2, 0.25) is 0 Å². The minimum absolute atomic E-state index is 0.0246. The van der Waals surface area contributed by atoms with Crippen LogP contribution in [0.2, 0.25) is 0 Å². The number of anilines is 2. The van der Waals surface area contributed by atoms with Crippen LogP contribution < -0.4 is 16.4 Å². The fourth-order valence-electron chi connectivity index (χ4n) is 2.99. The van der Waals surface area contributed by atoms with Crippen molar-refractivity contribution in [1.82, 2.24) is 15.3 Å². The lowest BCUT2D eigenvalue weighted by atomic mass is 10.1. The number of carbonyl (C=O) groups is 1. The Morgan fingerprint density at radius 3 is 2.28 bits per heavy atom. The average Bonchev–Trinajstić information content (AvgIpc) is 2.74. The highest BCUT2D eigenvalue weighted by Gasteiger charge is 2.39. The first-order valence-electron chi connectivity index (χ1n) is 9.85. The Balaban J connectivity index is 1.96. The topological polar surface area (TPSA) is 127 Å². The number of benzene rings is 2. The number of nitrogens with one attached hydrogen (secondary N) is 2. The highest BCUT2D eigenvalue weighted by atomic mass is 32.2. The maximum absolute atomic E-state index is 13.3. The zero-order valence-electron chi connectivity index (χ0n) is 17.9. The first kappa shape index (κ1) is 23.1. The predicted molar refractivity (Wildman–Crippen MR) is 121 cm³/mol. The second-order valence-electron chi connectivity index (χ2n) is 7.53. The Morgan fingerprint density at radius 1 is 1.06 bits per heavy atom. The molecule has 168 valence electrons. The zero-order chi connectivity index (χ0) is 23.5. The van der Waals surface area contributed by atoms with E-state index in [1.165, 1.54) is 32.0 Å². The van der Waals surface area contributed by atoms with Crippen molar-refractivity contribution < 1.29 is 17.6 Å². The lowest BCUT2D eigenvalue weighted by Crippen LogP contribution is -2.31. The summed E-state index contributed by atoms with van der Waals surface area (Å²) >= 11 is 0. The monoisotopic (exact) mass is 457 g/mol. The van der Waals surface area contributed by atoms with Gasteiger partial charge in [0.1, 0.15) is 16.4 Å². The molecule has 4 N–H and O–H groups in total. The summed E-state index contributed by atoms with van der Waals surface area (Å²) in [4.78, 5) is 20.3. The van der Waals surface area contributed by atoms with Gasteiger partial charge in [-0.05, 0) is 69.3 Å². The fourth-order valence-corrected chi connectivity index (χ4v) is 4.45. The van der Waals surface area contributed by atoms with E-state index >= 15 is 0 Å². The predicted octanol–water partition coefficient (Wildman–Crippen LogP) is 3.72. The first-order chi connectivity index (χ1) is 15.0. The molecule has 3 aromatic rings. The van der Waals surface area contributed by atoms with E-state index in [-0.39, 0.29) is 28.3 Å². The van der Waals surface area contributed by atoms with Gasteiger partial charge in [-0.2, -0.15) is 0 Å². The number of amides is 2. The van der Waals surface area contributed by atoms with Gasteiger partial charge in [0.25, 0.3) is 0 Å². The summed E-state index contributed by atoms with van der Waals surface area (Å²) in [6.07, 6.45) is 0. The van der Waals surface area contributed by atoms with Crippen molar-refractivity contribution in [2.24, 2.45) is 0 Å². The number of nitrogen functional groups attached to an aromatic ring is 1. The van der Waals surface area contributed by atoms with Gasteiger partial charge in [0, 0.05) is 23.9 Å². The molecule has 1 heterocycles. The summed E-state index contributed by atoms with van der Waals surface area (Å²) in [7, 11) is -3.92. The Kier molecular flexibility index (Phi) is 6.45. The van der Waals surface area contributed by atoms with Crippen LogP contribution >= 0.6 is 0 Å². The summed E-state index contributed by atoms with van der Waals surface area (Å²) in [6.45, 7) is 5.34. The van der Waals surface area contributed by atoms with E-state index in [2.05, 4.69) is 20.6 Å². The number of urea groups is 1. The van der Waals surface area contributed by atoms with Crippen molar-refractivity contribution in [1.29, 1.82) is 0 Å². The Labute approximate surface area is 186 Å². The minimum Gasteiger partial charge on any atom is -0.384 e. The van der Waals surface area contributed by atoms with Crippen LogP contribution in [0.25, 0.3) is 11.4 Å². The van der Waals surface area contributed by atoms with Crippen LogP contribution in [-0.2, 0) is 14.6 Å². The van der Waals surface area contributed by atoms with Gasteiger partial charge in [0.05, 0.1) is 10.6 Å². The summed E-state index contributed by atoms with van der Waals surface area (Å²) in [5.74, 6) is -0.177. The number of nitrogens with two attached hydrogens (primary N) is 1.